The van der Waals surface area contributed by atoms with Crippen LogP contribution in [0.5, 0.6) is 5.75 Å². The van der Waals surface area contributed by atoms with E-state index in [1.165, 1.54) is 6.07 Å². The van der Waals surface area contributed by atoms with E-state index in [-0.39, 0.29) is 24.2 Å². The maximum absolute atomic E-state index is 13.5. The van der Waals surface area contributed by atoms with Crippen LogP contribution in [0.25, 0.3) is 0 Å². The number of benzene rings is 1. The summed E-state index contributed by atoms with van der Waals surface area (Å²) in [7, 11) is 1.68. The van der Waals surface area contributed by atoms with Crippen molar-refractivity contribution in [3.05, 3.63) is 29.8 Å². The molecule has 1 aliphatic heterocycles. The lowest BCUT2D eigenvalue weighted by Crippen LogP contribution is -2.48. The van der Waals surface area contributed by atoms with Gasteiger partial charge in [-0.2, -0.15) is 0 Å². The molecule has 8 heteroatoms. The molecule has 1 unspecified atom stereocenters. The van der Waals surface area contributed by atoms with Crippen molar-refractivity contribution in [1.82, 2.24) is 10.2 Å². The zero-order valence-corrected chi connectivity index (χ0v) is 14.3. The molecule has 0 bridgehead atoms. The molecule has 1 aromatic rings. The number of amides is 1. The summed E-state index contributed by atoms with van der Waals surface area (Å²) in [6.07, 6.45) is 2.32. The number of halogens is 2. The Bertz CT molecular complexity index is 625. The first-order chi connectivity index (χ1) is 12.0. The summed E-state index contributed by atoms with van der Waals surface area (Å²) < 4.78 is 31.6. The summed E-state index contributed by atoms with van der Waals surface area (Å²) in [5.41, 5.74) is 5.28. The summed E-state index contributed by atoms with van der Waals surface area (Å²) in [4.78, 5) is 17.4. The van der Waals surface area contributed by atoms with Gasteiger partial charge in [0.25, 0.3) is 0 Å². The minimum absolute atomic E-state index is 0.0117. The van der Waals surface area contributed by atoms with Crippen molar-refractivity contribution < 1.29 is 18.3 Å². The first-order valence-corrected chi connectivity index (χ1v) is 8.31. The number of piperidine rings is 1. The molecule has 1 atom stereocenters. The average molecular weight is 354 g/mol. The van der Waals surface area contributed by atoms with Gasteiger partial charge in [-0.25, -0.2) is 8.78 Å². The van der Waals surface area contributed by atoms with Crippen molar-refractivity contribution in [2.24, 2.45) is 16.6 Å². The number of carbonyl (C=O) groups excluding carboxylic acids is 1. The fraction of sp³-hybridized carbons (Fsp3) is 0.529. The lowest BCUT2D eigenvalue weighted by atomic mass is 9.95. The number of likely N-dealkylation sites (tertiary alicyclic amines) is 1. The number of guanidine groups is 1. The van der Waals surface area contributed by atoms with Crippen molar-refractivity contribution in [3.63, 3.8) is 0 Å². The van der Waals surface area contributed by atoms with Crippen molar-refractivity contribution in [2.45, 2.75) is 19.3 Å². The first-order valence-electron chi connectivity index (χ1n) is 8.31. The number of ether oxygens (including phenoxy) is 1. The second kappa shape index (κ2) is 9.19. The minimum atomic E-state index is -0.727. The number of aliphatic imine (C=N–C) groups is 1. The number of nitrogens with one attached hydrogen (secondary N) is 1. The third-order valence-electron chi connectivity index (χ3n) is 4.06. The van der Waals surface area contributed by atoms with Gasteiger partial charge in [0.2, 0.25) is 5.91 Å². The summed E-state index contributed by atoms with van der Waals surface area (Å²) in [5.74, 6) is -0.706. The van der Waals surface area contributed by atoms with E-state index in [1.54, 1.807) is 7.05 Å². The van der Waals surface area contributed by atoms with E-state index in [0.29, 0.717) is 18.9 Å². The Kier molecular flexibility index (Phi) is 6.97. The lowest BCUT2D eigenvalue weighted by Gasteiger charge is -2.34. The quantitative estimate of drug-likeness (QED) is 0.461. The van der Waals surface area contributed by atoms with Crippen molar-refractivity contribution in [1.29, 1.82) is 0 Å². The molecule has 1 aromatic carbocycles. The molecule has 138 valence electrons. The van der Waals surface area contributed by atoms with E-state index in [0.717, 1.165) is 38.1 Å². The van der Waals surface area contributed by atoms with Crippen LogP contribution in [0.3, 0.4) is 0 Å². The maximum Gasteiger partial charge on any atom is 0.217 e. The highest BCUT2D eigenvalue weighted by Crippen LogP contribution is 2.19. The van der Waals surface area contributed by atoms with Gasteiger partial charge in [-0.05, 0) is 30.9 Å². The molecule has 1 heterocycles. The summed E-state index contributed by atoms with van der Waals surface area (Å²) in [6, 6.07) is 3.20. The lowest BCUT2D eigenvalue weighted by molar-refractivity contribution is -0.119. The van der Waals surface area contributed by atoms with Crippen LogP contribution >= 0.6 is 0 Å². The van der Waals surface area contributed by atoms with Gasteiger partial charge in [0.1, 0.15) is 12.4 Å². The van der Waals surface area contributed by atoms with Crippen LogP contribution in [-0.4, -0.2) is 50.1 Å². The molecule has 0 aromatic heterocycles. The Morgan fingerprint density at radius 3 is 2.96 bits per heavy atom. The van der Waals surface area contributed by atoms with Gasteiger partial charge in [0.05, 0.1) is 6.54 Å². The number of primary amides is 1. The monoisotopic (exact) mass is 354 g/mol. The highest BCUT2D eigenvalue weighted by Gasteiger charge is 2.23. The van der Waals surface area contributed by atoms with Crippen LogP contribution in [-0.2, 0) is 4.79 Å². The van der Waals surface area contributed by atoms with E-state index < -0.39 is 11.6 Å². The molecule has 3 N–H and O–H groups in total. The standard InChI is InChI=1S/C17H24F2N4O2/c1-21-17(23-7-2-3-12(11-23)9-16(20)24)22-6-8-25-15-5-4-13(18)10-14(15)19/h4-5,10,12H,2-3,6-9,11H2,1H3,(H2,20,24)(H,21,22). The minimum Gasteiger partial charge on any atom is -0.489 e. The van der Waals surface area contributed by atoms with Gasteiger partial charge < -0.3 is 20.7 Å². The zero-order valence-electron chi connectivity index (χ0n) is 14.3. The predicted molar refractivity (Wildman–Crippen MR) is 91.3 cm³/mol. The molecule has 0 radical (unpaired) electrons. The highest BCUT2D eigenvalue weighted by molar-refractivity contribution is 5.80. The van der Waals surface area contributed by atoms with Gasteiger partial charge >= 0.3 is 0 Å². The maximum atomic E-state index is 13.5. The smallest absolute Gasteiger partial charge is 0.217 e. The van der Waals surface area contributed by atoms with E-state index in [2.05, 4.69) is 15.2 Å². The van der Waals surface area contributed by atoms with Gasteiger partial charge in [-0.15, -0.1) is 0 Å². The van der Waals surface area contributed by atoms with E-state index in [4.69, 9.17) is 10.5 Å². The van der Waals surface area contributed by atoms with E-state index in [1.807, 2.05) is 0 Å². The topological polar surface area (TPSA) is 80.0 Å². The molecule has 0 saturated carbocycles. The molecule has 1 aliphatic rings. The van der Waals surface area contributed by atoms with Crippen molar-refractivity contribution in [3.8, 4) is 5.75 Å². The Morgan fingerprint density at radius 1 is 1.48 bits per heavy atom. The molecule has 1 fully saturated rings. The molecule has 6 nitrogen and oxygen atoms in total. The van der Waals surface area contributed by atoms with Crippen molar-refractivity contribution >= 4 is 11.9 Å². The molecular formula is C17H24F2N4O2. The van der Waals surface area contributed by atoms with Crippen LogP contribution < -0.4 is 15.8 Å². The zero-order chi connectivity index (χ0) is 18.2. The van der Waals surface area contributed by atoms with Crippen LogP contribution in [0, 0.1) is 17.6 Å². The van der Waals surface area contributed by atoms with E-state index in [9.17, 15) is 13.6 Å². The number of hydrogen-bond donors (Lipinski definition) is 2. The Labute approximate surface area is 146 Å². The number of nitrogens with zero attached hydrogens (tertiary/aromatic N) is 2. The molecule has 0 spiro atoms. The second-order valence-corrected chi connectivity index (χ2v) is 6.02. The fourth-order valence-electron chi connectivity index (χ4n) is 2.96. The number of hydrogen-bond acceptors (Lipinski definition) is 3. The van der Waals surface area contributed by atoms with Crippen LogP contribution in [0.2, 0.25) is 0 Å². The first kappa shape index (κ1) is 19.0. The SMILES string of the molecule is CN=C(NCCOc1ccc(F)cc1F)N1CCCC(CC(N)=O)C1. The largest absolute Gasteiger partial charge is 0.489 e. The number of nitrogens with two attached hydrogens (primary N) is 1. The van der Waals surface area contributed by atoms with Crippen molar-refractivity contribution in [2.75, 3.05) is 33.3 Å². The number of carbonyl (C=O) groups is 1. The Balaban J connectivity index is 1.79. The van der Waals surface area contributed by atoms with Gasteiger partial charge in [-0.3, -0.25) is 9.79 Å². The van der Waals surface area contributed by atoms with Crippen LogP contribution in [0.1, 0.15) is 19.3 Å². The van der Waals surface area contributed by atoms with E-state index >= 15 is 0 Å². The summed E-state index contributed by atoms with van der Waals surface area (Å²) in [5, 5.41) is 3.15. The predicted octanol–water partition coefficient (Wildman–Crippen LogP) is 1.51. The highest BCUT2D eigenvalue weighted by atomic mass is 19.1. The van der Waals surface area contributed by atoms with Gasteiger partial charge in [-0.1, -0.05) is 0 Å². The molecular weight excluding hydrogens is 330 g/mol. The van der Waals surface area contributed by atoms with Gasteiger partial charge in [0, 0.05) is 32.6 Å². The van der Waals surface area contributed by atoms with Crippen LogP contribution in [0.4, 0.5) is 8.78 Å². The third kappa shape index (κ3) is 5.88. The third-order valence-corrected chi connectivity index (χ3v) is 4.06. The molecule has 1 saturated heterocycles. The van der Waals surface area contributed by atoms with Crippen LogP contribution in [0.15, 0.2) is 23.2 Å². The average Bonchev–Trinajstić information content (AvgIpc) is 2.56. The molecule has 2 rings (SSSR count). The number of rotatable bonds is 6. The Hall–Kier alpha value is -2.38. The Morgan fingerprint density at radius 2 is 2.28 bits per heavy atom. The molecule has 25 heavy (non-hydrogen) atoms. The second-order valence-electron chi connectivity index (χ2n) is 6.02. The molecule has 1 amide bonds. The van der Waals surface area contributed by atoms with Gasteiger partial charge in [0.15, 0.2) is 17.5 Å². The summed E-state index contributed by atoms with van der Waals surface area (Å²) >= 11 is 0. The summed E-state index contributed by atoms with van der Waals surface area (Å²) in [6.45, 7) is 2.19. The fourth-order valence-corrected chi connectivity index (χ4v) is 2.96. The molecule has 0 aliphatic carbocycles. The normalized spacial score (nSPS) is 18.1.